The van der Waals surface area contributed by atoms with Crippen molar-refractivity contribution < 1.29 is 14.0 Å². The maximum atomic E-state index is 14.0. The molecule has 0 aromatic heterocycles. The van der Waals surface area contributed by atoms with Crippen molar-refractivity contribution in [1.82, 2.24) is 0 Å². The Balaban J connectivity index is 2.06. The molecule has 0 atom stereocenters. The first kappa shape index (κ1) is 15.0. The van der Waals surface area contributed by atoms with E-state index in [-0.39, 0.29) is 22.9 Å². The molecule has 0 spiro atoms. The molecule has 4 rings (SSSR count). The van der Waals surface area contributed by atoms with Gasteiger partial charge in [0.15, 0.2) is 0 Å². The van der Waals surface area contributed by atoms with E-state index >= 15 is 0 Å². The highest BCUT2D eigenvalue weighted by Gasteiger charge is 2.22. The van der Waals surface area contributed by atoms with Crippen LogP contribution >= 0.6 is 0 Å². The maximum Gasteiger partial charge on any atom is 0.259 e. The quantitative estimate of drug-likeness (QED) is 0.927. The Morgan fingerprint density at radius 1 is 1.09 bits per heavy atom. The van der Waals surface area contributed by atoms with Gasteiger partial charge in [0.1, 0.15) is 5.82 Å². The predicted octanol–water partition coefficient (Wildman–Crippen LogP) is 2.99. The number of carbonyl (C=O) groups is 2. The Bertz CT molecular complexity index is 814. The molecule has 0 fully saturated rings. The summed E-state index contributed by atoms with van der Waals surface area (Å²) in [7, 11) is 0. The van der Waals surface area contributed by atoms with Crippen molar-refractivity contribution >= 4 is 23.6 Å². The van der Waals surface area contributed by atoms with Crippen LogP contribution < -0.4 is 10.6 Å². The summed E-state index contributed by atoms with van der Waals surface area (Å²) in [4.78, 5) is 25.9. The first-order valence-electron chi connectivity index (χ1n) is 7.24. The van der Waals surface area contributed by atoms with E-state index in [9.17, 15) is 14.0 Å². The van der Waals surface area contributed by atoms with Gasteiger partial charge in [-0.1, -0.05) is 24.3 Å². The Labute approximate surface area is 133 Å². The van der Waals surface area contributed by atoms with Crippen LogP contribution in [0.1, 0.15) is 32.7 Å². The first-order chi connectivity index (χ1) is 11.1. The van der Waals surface area contributed by atoms with Crippen molar-refractivity contribution in [2.45, 2.75) is 6.42 Å². The second-order valence-corrected chi connectivity index (χ2v) is 5.26. The van der Waals surface area contributed by atoms with Gasteiger partial charge in [0.05, 0.1) is 11.1 Å². The normalized spacial score (nSPS) is 14.7. The third-order valence-corrected chi connectivity index (χ3v) is 3.78. The number of anilines is 1. The molecule has 2 bridgehead atoms. The average molecular weight is 310 g/mol. The lowest BCUT2D eigenvalue weighted by molar-refractivity contribution is 0.0960. The van der Waals surface area contributed by atoms with Crippen molar-refractivity contribution in [1.29, 1.82) is 0 Å². The smallest absolute Gasteiger partial charge is 0.259 e. The van der Waals surface area contributed by atoms with Crippen molar-refractivity contribution in [3.8, 4) is 0 Å². The second kappa shape index (κ2) is 6.04. The number of rotatable bonds is 2. The molecule has 2 aromatic rings. The van der Waals surface area contributed by atoms with Crippen LogP contribution in [-0.2, 0) is 0 Å². The van der Waals surface area contributed by atoms with Crippen LogP contribution in [0, 0.1) is 5.82 Å². The zero-order chi connectivity index (χ0) is 16.4. The van der Waals surface area contributed by atoms with Gasteiger partial charge < -0.3 is 10.6 Å². The zero-order valence-corrected chi connectivity index (χ0v) is 12.3. The minimum atomic E-state index is -0.667. The number of benzene rings is 2. The van der Waals surface area contributed by atoms with Crippen LogP contribution in [0.2, 0.25) is 0 Å². The number of hydrogen-bond acceptors (Lipinski definition) is 2. The molecule has 0 unspecified atom stereocenters. The lowest BCUT2D eigenvalue weighted by Crippen LogP contribution is -2.33. The van der Waals surface area contributed by atoms with Crippen molar-refractivity contribution in [3.05, 3.63) is 71.0 Å². The lowest BCUT2D eigenvalue weighted by atomic mass is 10.1. The highest BCUT2D eigenvalue weighted by atomic mass is 19.1. The van der Waals surface area contributed by atoms with Gasteiger partial charge in [-0.15, -0.1) is 0 Å². The summed E-state index contributed by atoms with van der Waals surface area (Å²) in [6, 6.07) is 11.0. The van der Waals surface area contributed by atoms with Crippen molar-refractivity contribution in [2.24, 2.45) is 5.73 Å². The van der Waals surface area contributed by atoms with Gasteiger partial charge in [0, 0.05) is 17.8 Å². The van der Waals surface area contributed by atoms with Gasteiger partial charge in [-0.05, 0) is 36.8 Å². The molecule has 2 aromatic carbocycles. The number of halogens is 1. The standard InChI is InChI=1S/C18H15FN2O2/c19-16-11-13-9-8-12(16)5-3-4-10-21(13)18(23)15-7-2-1-6-14(15)17(20)22/h1-3,5-9,11H,4,10H2,(H2,20,22)/b5-3-. The van der Waals surface area contributed by atoms with Gasteiger partial charge in [0.25, 0.3) is 5.91 Å². The van der Waals surface area contributed by atoms with Gasteiger partial charge in [-0.3, -0.25) is 9.59 Å². The number of amides is 2. The molecule has 2 N–H and O–H groups in total. The summed E-state index contributed by atoms with van der Waals surface area (Å²) in [5, 5.41) is 0. The summed E-state index contributed by atoms with van der Waals surface area (Å²) in [6.07, 6.45) is 4.10. The minimum Gasteiger partial charge on any atom is -0.366 e. The van der Waals surface area contributed by atoms with Gasteiger partial charge >= 0.3 is 0 Å². The summed E-state index contributed by atoms with van der Waals surface area (Å²) in [5.74, 6) is -1.43. The average Bonchev–Trinajstić information content (AvgIpc) is 2.69. The number of hydrogen-bond donors (Lipinski definition) is 1. The van der Waals surface area contributed by atoms with Gasteiger partial charge in [-0.25, -0.2) is 4.39 Å². The number of nitrogens with two attached hydrogens (primary N) is 1. The van der Waals surface area contributed by atoms with Crippen LogP contribution in [-0.4, -0.2) is 18.4 Å². The number of fused-ring (bicyclic) bond motifs is 5. The third-order valence-electron chi connectivity index (χ3n) is 3.78. The van der Waals surface area contributed by atoms with Gasteiger partial charge in [0.2, 0.25) is 5.91 Å². The summed E-state index contributed by atoms with van der Waals surface area (Å²) in [5.41, 5.74) is 6.66. The molecule has 0 radical (unpaired) electrons. The highest BCUT2D eigenvalue weighted by molar-refractivity contribution is 6.13. The molecule has 2 amide bonds. The van der Waals surface area contributed by atoms with E-state index < -0.39 is 5.91 Å². The molecule has 116 valence electrons. The fourth-order valence-corrected chi connectivity index (χ4v) is 2.61. The monoisotopic (exact) mass is 310 g/mol. The van der Waals surface area contributed by atoms with Crippen LogP contribution in [0.5, 0.6) is 0 Å². The zero-order valence-electron chi connectivity index (χ0n) is 12.3. The largest absolute Gasteiger partial charge is 0.366 e. The molecule has 2 heterocycles. The van der Waals surface area contributed by atoms with Crippen LogP contribution in [0.3, 0.4) is 0 Å². The summed E-state index contributed by atoms with van der Waals surface area (Å²) >= 11 is 0. The van der Waals surface area contributed by atoms with Crippen molar-refractivity contribution in [3.63, 3.8) is 0 Å². The number of nitrogens with zero attached hydrogens (tertiary/aromatic N) is 1. The maximum absolute atomic E-state index is 14.0. The summed E-state index contributed by atoms with van der Waals surface area (Å²) in [6.45, 7) is 0.388. The Hall–Kier alpha value is -2.95. The number of primary amides is 1. The molecule has 5 heteroatoms. The molecule has 23 heavy (non-hydrogen) atoms. The van der Waals surface area contributed by atoms with Crippen LogP contribution in [0.15, 0.2) is 48.5 Å². The fraction of sp³-hybridized carbons (Fsp3) is 0.111. The lowest BCUT2D eigenvalue weighted by Gasteiger charge is -2.23. The fourth-order valence-electron chi connectivity index (χ4n) is 2.61. The minimum absolute atomic E-state index is 0.157. The SMILES string of the molecule is NC(=O)c1ccccc1C(=O)N1CC/C=C\c2ccc1cc2F. The molecule has 2 aliphatic heterocycles. The van der Waals surface area contributed by atoms with E-state index in [1.807, 2.05) is 6.08 Å². The predicted molar refractivity (Wildman–Crippen MR) is 86.7 cm³/mol. The Kier molecular flexibility index (Phi) is 3.93. The molecule has 2 aliphatic rings. The highest BCUT2D eigenvalue weighted by Crippen LogP contribution is 2.24. The molecular formula is C18H15FN2O2. The van der Waals surface area contributed by atoms with E-state index in [0.717, 1.165) is 0 Å². The van der Waals surface area contributed by atoms with E-state index in [0.29, 0.717) is 24.2 Å². The van der Waals surface area contributed by atoms with E-state index in [2.05, 4.69) is 0 Å². The Morgan fingerprint density at radius 3 is 2.52 bits per heavy atom. The van der Waals surface area contributed by atoms with E-state index in [4.69, 9.17) is 5.73 Å². The molecule has 0 saturated carbocycles. The Morgan fingerprint density at radius 2 is 1.83 bits per heavy atom. The van der Waals surface area contributed by atoms with E-state index in [1.54, 1.807) is 36.4 Å². The van der Waals surface area contributed by atoms with Crippen LogP contribution in [0.4, 0.5) is 10.1 Å². The third kappa shape index (κ3) is 2.85. The molecule has 0 aliphatic carbocycles. The second-order valence-electron chi connectivity index (χ2n) is 5.26. The number of carbonyl (C=O) groups excluding carboxylic acids is 2. The first-order valence-corrected chi connectivity index (χ1v) is 7.24. The van der Waals surface area contributed by atoms with Crippen molar-refractivity contribution in [2.75, 3.05) is 11.4 Å². The molecular weight excluding hydrogens is 295 g/mol. The van der Waals surface area contributed by atoms with Gasteiger partial charge in [-0.2, -0.15) is 0 Å². The molecule has 0 saturated heterocycles. The topological polar surface area (TPSA) is 63.4 Å². The van der Waals surface area contributed by atoms with E-state index in [1.165, 1.54) is 17.0 Å². The molecule has 4 nitrogen and oxygen atoms in total. The van der Waals surface area contributed by atoms with Crippen LogP contribution in [0.25, 0.3) is 6.08 Å². The summed E-state index contributed by atoms with van der Waals surface area (Å²) < 4.78 is 14.0.